The van der Waals surface area contributed by atoms with Crippen LogP contribution in [0.3, 0.4) is 0 Å². The minimum atomic E-state index is -0.986. The van der Waals surface area contributed by atoms with Gasteiger partial charge in [-0.25, -0.2) is 9.59 Å². The Bertz CT molecular complexity index is 817. The predicted octanol–water partition coefficient (Wildman–Crippen LogP) is 2.81. The zero-order chi connectivity index (χ0) is 12.9. The normalized spacial score (nSPS) is 10.0. The molecule has 2 N–H and O–H groups in total. The first-order valence-electron chi connectivity index (χ1n) is 5.33. The molecular formula is C14H10Cl2O4. The van der Waals surface area contributed by atoms with Crippen molar-refractivity contribution in [1.29, 1.82) is 0 Å². The summed E-state index contributed by atoms with van der Waals surface area (Å²) in [6.07, 6.45) is 0. The lowest BCUT2D eigenvalue weighted by molar-refractivity contribution is 0.0685. The highest BCUT2D eigenvalue weighted by atomic mass is 35.5. The SMILES string of the molecule is Cl.Cl.O=C(O)c1ccc2c(c1)=c1cc(C(=O)O)ccc1=2. The Kier molecular flexibility index (Phi) is 4.43. The Labute approximate surface area is 125 Å². The van der Waals surface area contributed by atoms with Crippen molar-refractivity contribution in [3.05, 3.63) is 68.4 Å². The number of hydrogen-bond donors (Lipinski definition) is 2. The molecule has 0 aliphatic heterocycles. The Morgan fingerprint density at radius 1 is 0.650 bits per heavy atom. The zero-order valence-electron chi connectivity index (χ0n) is 9.99. The topological polar surface area (TPSA) is 74.6 Å². The largest absolute Gasteiger partial charge is 0.478 e. The fourth-order valence-electron chi connectivity index (χ4n) is 2.21. The Morgan fingerprint density at radius 2 is 1.00 bits per heavy atom. The van der Waals surface area contributed by atoms with Gasteiger partial charge < -0.3 is 10.2 Å². The molecule has 1 aliphatic carbocycles. The summed E-state index contributed by atoms with van der Waals surface area (Å²) >= 11 is 0. The summed E-state index contributed by atoms with van der Waals surface area (Å²) in [4.78, 5) is 21.8. The molecule has 1 aliphatic rings. The molecule has 20 heavy (non-hydrogen) atoms. The van der Waals surface area contributed by atoms with E-state index >= 15 is 0 Å². The van der Waals surface area contributed by atoms with Gasteiger partial charge in [-0.2, -0.15) is 0 Å². The molecule has 0 fully saturated rings. The lowest BCUT2D eigenvalue weighted by Gasteiger charge is -2.06. The molecule has 0 bridgehead atoms. The average molecular weight is 313 g/mol. The van der Waals surface area contributed by atoms with Gasteiger partial charge in [0.05, 0.1) is 11.1 Å². The quantitative estimate of drug-likeness (QED) is 0.763. The molecule has 6 heteroatoms. The number of benzene rings is 2. The van der Waals surface area contributed by atoms with Gasteiger partial charge in [-0.3, -0.25) is 0 Å². The third-order valence-electron chi connectivity index (χ3n) is 3.11. The molecule has 4 nitrogen and oxygen atoms in total. The predicted molar refractivity (Wildman–Crippen MR) is 76.6 cm³/mol. The molecule has 0 aromatic heterocycles. The van der Waals surface area contributed by atoms with E-state index in [1.807, 2.05) is 0 Å². The van der Waals surface area contributed by atoms with Crippen LogP contribution in [0.2, 0.25) is 0 Å². The summed E-state index contributed by atoms with van der Waals surface area (Å²) < 4.78 is 0. The van der Waals surface area contributed by atoms with Gasteiger partial charge in [0, 0.05) is 0 Å². The Balaban J connectivity index is 0.000001000. The smallest absolute Gasteiger partial charge is 0.335 e. The van der Waals surface area contributed by atoms with Gasteiger partial charge >= 0.3 is 11.9 Å². The van der Waals surface area contributed by atoms with E-state index in [0.29, 0.717) is 0 Å². The second-order valence-corrected chi connectivity index (χ2v) is 4.13. The second-order valence-electron chi connectivity index (χ2n) is 4.13. The molecule has 0 saturated carbocycles. The molecule has 0 spiro atoms. The van der Waals surface area contributed by atoms with Gasteiger partial charge in [0.2, 0.25) is 0 Å². The van der Waals surface area contributed by atoms with Crippen molar-refractivity contribution < 1.29 is 19.8 Å². The van der Waals surface area contributed by atoms with Crippen LogP contribution in [0.15, 0.2) is 36.4 Å². The number of rotatable bonds is 2. The molecule has 0 saturated heterocycles. The van der Waals surface area contributed by atoms with Crippen LogP contribution in [0.5, 0.6) is 0 Å². The van der Waals surface area contributed by atoms with Crippen LogP contribution in [0.1, 0.15) is 20.7 Å². The van der Waals surface area contributed by atoms with Crippen LogP contribution < -0.4 is 0 Å². The minimum absolute atomic E-state index is 0. The highest BCUT2D eigenvalue weighted by molar-refractivity contribution is 5.88. The number of halogens is 2. The Morgan fingerprint density at radius 3 is 1.30 bits per heavy atom. The number of carboxylic acid groups (broad SMARTS) is 2. The first-order chi connectivity index (χ1) is 8.58. The maximum Gasteiger partial charge on any atom is 0.335 e. The fourth-order valence-corrected chi connectivity index (χ4v) is 2.21. The number of hydrogen-bond acceptors (Lipinski definition) is 2. The van der Waals surface area contributed by atoms with E-state index < -0.39 is 11.9 Å². The molecule has 0 atom stereocenters. The van der Waals surface area contributed by atoms with Crippen molar-refractivity contribution in [3.63, 3.8) is 0 Å². The summed E-state index contributed by atoms with van der Waals surface area (Å²) in [6, 6.07) is 9.75. The molecule has 0 radical (unpaired) electrons. The number of carbonyl (C=O) groups is 2. The van der Waals surface area contributed by atoms with E-state index in [0.717, 1.165) is 20.9 Å². The molecule has 0 unspecified atom stereocenters. The van der Waals surface area contributed by atoms with Crippen LogP contribution in [-0.2, 0) is 0 Å². The van der Waals surface area contributed by atoms with Crippen LogP contribution >= 0.6 is 24.8 Å². The first kappa shape index (κ1) is 16.0. The molecular weight excluding hydrogens is 303 g/mol. The van der Waals surface area contributed by atoms with Crippen LogP contribution in [0.25, 0.3) is 0 Å². The van der Waals surface area contributed by atoms with Crippen molar-refractivity contribution in [2.45, 2.75) is 0 Å². The molecule has 104 valence electrons. The molecule has 0 amide bonds. The number of carboxylic acids is 2. The van der Waals surface area contributed by atoms with Crippen molar-refractivity contribution in [3.8, 4) is 0 Å². The molecule has 2 aromatic rings. The van der Waals surface area contributed by atoms with Gasteiger partial charge in [0.1, 0.15) is 0 Å². The molecule has 3 rings (SSSR count). The lowest BCUT2D eigenvalue weighted by Crippen LogP contribution is -2.01. The van der Waals surface area contributed by atoms with Crippen LogP contribution in [-0.4, -0.2) is 22.2 Å². The summed E-state index contributed by atoms with van der Waals surface area (Å²) in [5.74, 6) is -1.97. The van der Waals surface area contributed by atoms with Crippen molar-refractivity contribution in [2.24, 2.45) is 0 Å². The van der Waals surface area contributed by atoms with Gasteiger partial charge in [-0.15, -0.1) is 24.8 Å². The standard InChI is InChI=1S/C14H8O4.2ClH/c15-13(16)7-1-3-9-10-4-2-8(14(17)18)6-12(10)11(9)5-7;;/h1-6H,(H,15,16)(H,17,18);2*1H. The fraction of sp³-hybridized carbons (Fsp3) is 0. The van der Waals surface area contributed by atoms with Gasteiger partial charge in [-0.05, 0) is 45.1 Å². The summed E-state index contributed by atoms with van der Waals surface area (Å²) in [7, 11) is 0. The Hall–Kier alpha value is -2.04. The highest BCUT2D eigenvalue weighted by Crippen LogP contribution is 2.16. The average Bonchev–Trinajstić information content (AvgIpc) is 2.34. The van der Waals surface area contributed by atoms with Crippen molar-refractivity contribution in [2.75, 3.05) is 0 Å². The number of aromatic carboxylic acids is 2. The van der Waals surface area contributed by atoms with Gasteiger partial charge in [0.25, 0.3) is 0 Å². The second kappa shape index (κ2) is 5.53. The first-order valence-corrected chi connectivity index (χ1v) is 5.33. The summed E-state index contributed by atoms with van der Waals surface area (Å²) in [6.45, 7) is 0. The molecule has 0 heterocycles. The number of fused-ring (bicyclic) bond motifs is 2. The lowest BCUT2D eigenvalue weighted by atomic mass is 9.98. The van der Waals surface area contributed by atoms with Crippen molar-refractivity contribution >= 4 is 36.8 Å². The van der Waals surface area contributed by atoms with Crippen molar-refractivity contribution in [1.82, 2.24) is 0 Å². The summed E-state index contributed by atoms with van der Waals surface area (Å²) in [5.41, 5.74) is 0.417. The minimum Gasteiger partial charge on any atom is -0.478 e. The van der Waals surface area contributed by atoms with Crippen LogP contribution in [0.4, 0.5) is 0 Å². The van der Waals surface area contributed by atoms with E-state index in [4.69, 9.17) is 10.2 Å². The highest BCUT2D eigenvalue weighted by Gasteiger charge is 2.09. The van der Waals surface area contributed by atoms with Gasteiger partial charge in [-0.1, -0.05) is 12.1 Å². The molecule has 2 aromatic carbocycles. The van der Waals surface area contributed by atoms with E-state index in [1.54, 1.807) is 36.4 Å². The summed E-state index contributed by atoms with van der Waals surface area (Å²) in [5, 5.41) is 21.4. The maximum absolute atomic E-state index is 10.9. The van der Waals surface area contributed by atoms with E-state index in [9.17, 15) is 9.59 Å². The van der Waals surface area contributed by atoms with E-state index in [1.165, 1.54) is 0 Å². The third kappa shape index (κ3) is 2.24. The third-order valence-corrected chi connectivity index (χ3v) is 3.11. The maximum atomic E-state index is 10.9. The zero-order valence-corrected chi connectivity index (χ0v) is 11.6. The van der Waals surface area contributed by atoms with E-state index in [2.05, 4.69) is 0 Å². The van der Waals surface area contributed by atoms with Crippen LogP contribution in [0, 0.1) is 20.9 Å². The van der Waals surface area contributed by atoms with E-state index in [-0.39, 0.29) is 35.9 Å². The van der Waals surface area contributed by atoms with Gasteiger partial charge in [0.15, 0.2) is 0 Å². The monoisotopic (exact) mass is 312 g/mol.